The molecular weight excluding hydrogens is 332 g/mol. The van der Waals surface area contributed by atoms with E-state index >= 15 is 0 Å². The lowest BCUT2D eigenvalue weighted by molar-refractivity contribution is -0.388. The highest BCUT2D eigenvalue weighted by Crippen LogP contribution is 2.30. The number of nitrogens with zero attached hydrogens (tertiary/aromatic N) is 2. The molecular formula is C15H24N4O4S. The van der Waals surface area contributed by atoms with Crippen LogP contribution in [0.15, 0.2) is 17.0 Å². The highest BCUT2D eigenvalue weighted by atomic mass is 32.2. The smallest absolute Gasteiger partial charge is 0.292 e. The fourth-order valence-electron chi connectivity index (χ4n) is 2.85. The quantitative estimate of drug-likeness (QED) is 0.425. The maximum absolute atomic E-state index is 12.5. The molecule has 1 aliphatic rings. The standard InChI is InChI=1S/C15H24N4O4S/c1-12-4-5-13(2)15(14(12)19(20)21)24(22,23)17-6-3-9-18-10-7-16-8-11-18/h4-5,16-17H,3,6-11H2,1-2H3. The van der Waals surface area contributed by atoms with Crippen LogP contribution in [0.3, 0.4) is 0 Å². The first-order chi connectivity index (χ1) is 11.3. The normalized spacial score (nSPS) is 16.2. The van der Waals surface area contributed by atoms with E-state index in [-0.39, 0.29) is 17.1 Å². The molecule has 2 rings (SSSR count). The van der Waals surface area contributed by atoms with Crippen LogP contribution in [0.1, 0.15) is 17.5 Å². The molecule has 0 atom stereocenters. The van der Waals surface area contributed by atoms with E-state index in [1.807, 2.05) is 0 Å². The van der Waals surface area contributed by atoms with Crippen molar-refractivity contribution in [3.8, 4) is 0 Å². The SMILES string of the molecule is Cc1ccc(C)c(S(=O)(=O)NCCCN2CCNCC2)c1[N+](=O)[O-]. The Labute approximate surface area is 142 Å². The lowest BCUT2D eigenvalue weighted by Gasteiger charge is -2.27. The Hall–Kier alpha value is -1.55. The first-order valence-electron chi connectivity index (χ1n) is 8.00. The number of benzene rings is 1. The summed E-state index contributed by atoms with van der Waals surface area (Å²) >= 11 is 0. The van der Waals surface area contributed by atoms with Crippen molar-refractivity contribution in [1.29, 1.82) is 0 Å². The number of nitro groups is 1. The Balaban J connectivity index is 2.05. The summed E-state index contributed by atoms with van der Waals surface area (Å²) in [6.07, 6.45) is 0.665. The number of nitrogens with one attached hydrogen (secondary N) is 2. The van der Waals surface area contributed by atoms with Gasteiger partial charge in [0.1, 0.15) is 0 Å². The van der Waals surface area contributed by atoms with Gasteiger partial charge in [0.25, 0.3) is 5.69 Å². The van der Waals surface area contributed by atoms with E-state index < -0.39 is 14.9 Å². The van der Waals surface area contributed by atoms with E-state index in [1.54, 1.807) is 26.0 Å². The van der Waals surface area contributed by atoms with Crippen molar-refractivity contribution in [2.75, 3.05) is 39.3 Å². The largest absolute Gasteiger partial charge is 0.314 e. The van der Waals surface area contributed by atoms with Crippen molar-refractivity contribution < 1.29 is 13.3 Å². The summed E-state index contributed by atoms with van der Waals surface area (Å²) in [5.41, 5.74) is 0.373. The van der Waals surface area contributed by atoms with Gasteiger partial charge in [-0.05, 0) is 32.4 Å². The summed E-state index contributed by atoms with van der Waals surface area (Å²) in [5.74, 6) is 0. The molecule has 2 N–H and O–H groups in total. The zero-order valence-electron chi connectivity index (χ0n) is 14.0. The number of nitro benzene ring substituents is 1. The van der Waals surface area contributed by atoms with Crippen molar-refractivity contribution >= 4 is 15.7 Å². The summed E-state index contributed by atoms with van der Waals surface area (Å²) in [7, 11) is -3.91. The summed E-state index contributed by atoms with van der Waals surface area (Å²) < 4.78 is 27.6. The fourth-order valence-corrected chi connectivity index (χ4v) is 4.39. The first kappa shape index (κ1) is 18.8. The van der Waals surface area contributed by atoms with Crippen LogP contribution in [0.4, 0.5) is 5.69 Å². The Bertz CT molecular complexity index is 700. The third-order valence-electron chi connectivity index (χ3n) is 4.13. The van der Waals surface area contributed by atoms with Crippen molar-refractivity contribution in [3.63, 3.8) is 0 Å². The molecule has 1 aromatic rings. The Morgan fingerprint density at radius 2 is 1.88 bits per heavy atom. The van der Waals surface area contributed by atoms with E-state index in [4.69, 9.17) is 0 Å². The van der Waals surface area contributed by atoms with Crippen LogP contribution in [0.2, 0.25) is 0 Å². The molecule has 0 bridgehead atoms. The van der Waals surface area contributed by atoms with Gasteiger partial charge in [-0.1, -0.05) is 12.1 Å². The summed E-state index contributed by atoms with van der Waals surface area (Å²) in [5, 5.41) is 14.5. The van der Waals surface area contributed by atoms with Crippen molar-refractivity contribution in [2.24, 2.45) is 0 Å². The minimum absolute atomic E-state index is 0.227. The number of rotatable bonds is 7. The lowest BCUT2D eigenvalue weighted by Crippen LogP contribution is -2.44. The Morgan fingerprint density at radius 1 is 1.25 bits per heavy atom. The molecule has 0 amide bonds. The molecule has 24 heavy (non-hydrogen) atoms. The minimum atomic E-state index is -3.91. The number of hydrogen-bond acceptors (Lipinski definition) is 6. The molecule has 0 aromatic heterocycles. The van der Waals surface area contributed by atoms with E-state index in [2.05, 4.69) is 14.9 Å². The molecule has 0 saturated carbocycles. The van der Waals surface area contributed by atoms with E-state index in [0.29, 0.717) is 17.5 Å². The molecule has 0 spiro atoms. The monoisotopic (exact) mass is 356 g/mol. The zero-order chi connectivity index (χ0) is 17.7. The summed E-state index contributed by atoms with van der Waals surface area (Å²) in [6, 6.07) is 3.16. The predicted octanol–water partition coefficient (Wildman–Crippen LogP) is 0.785. The Morgan fingerprint density at radius 3 is 2.50 bits per heavy atom. The van der Waals surface area contributed by atoms with Gasteiger partial charge < -0.3 is 10.2 Å². The van der Waals surface area contributed by atoms with E-state index in [1.165, 1.54) is 0 Å². The molecule has 0 aliphatic carbocycles. The second-order valence-corrected chi connectivity index (χ2v) is 7.68. The lowest BCUT2D eigenvalue weighted by atomic mass is 10.1. The highest BCUT2D eigenvalue weighted by Gasteiger charge is 2.29. The number of piperazine rings is 1. The van der Waals surface area contributed by atoms with Crippen LogP contribution in [0.5, 0.6) is 0 Å². The topological polar surface area (TPSA) is 105 Å². The van der Waals surface area contributed by atoms with Gasteiger partial charge in [-0.3, -0.25) is 10.1 Å². The number of hydrogen-bond donors (Lipinski definition) is 2. The van der Waals surface area contributed by atoms with Gasteiger partial charge in [0.15, 0.2) is 4.90 Å². The molecule has 0 unspecified atom stereocenters. The van der Waals surface area contributed by atoms with Gasteiger partial charge in [-0.15, -0.1) is 0 Å². The Kier molecular flexibility index (Phi) is 6.27. The molecule has 1 heterocycles. The van der Waals surface area contributed by atoms with E-state index in [9.17, 15) is 18.5 Å². The number of aryl methyl sites for hydroxylation is 2. The van der Waals surface area contributed by atoms with Crippen molar-refractivity contribution in [2.45, 2.75) is 25.2 Å². The maximum Gasteiger partial charge on any atom is 0.292 e. The molecule has 1 aromatic carbocycles. The van der Waals surface area contributed by atoms with E-state index in [0.717, 1.165) is 32.7 Å². The van der Waals surface area contributed by atoms with Crippen LogP contribution in [-0.4, -0.2) is 57.5 Å². The average molecular weight is 356 g/mol. The van der Waals surface area contributed by atoms with Gasteiger partial charge in [-0.2, -0.15) is 0 Å². The predicted molar refractivity (Wildman–Crippen MR) is 91.7 cm³/mol. The average Bonchev–Trinajstić information content (AvgIpc) is 2.54. The number of sulfonamides is 1. The van der Waals surface area contributed by atoms with Gasteiger partial charge >= 0.3 is 0 Å². The molecule has 1 fully saturated rings. The molecule has 8 nitrogen and oxygen atoms in total. The molecule has 1 saturated heterocycles. The second-order valence-electron chi connectivity index (χ2n) is 5.98. The molecule has 1 aliphatic heterocycles. The summed E-state index contributed by atoms with van der Waals surface area (Å²) in [6.45, 7) is 7.98. The second kappa shape index (κ2) is 8.02. The van der Waals surface area contributed by atoms with Gasteiger partial charge in [0, 0.05) is 38.3 Å². The van der Waals surface area contributed by atoms with Crippen LogP contribution in [0, 0.1) is 24.0 Å². The van der Waals surface area contributed by atoms with Gasteiger partial charge in [-0.25, -0.2) is 13.1 Å². The fraction of sp³-hybridized carbons (Fsp3) is 0.600. The van der Waals surface area contributed by atoms with Crippen molar-refractivity contribution in [3.05, 3.63) is 33.4 Å². The van der Waals surface area contributed by atoms with Crippen LogP contribution < -0.4 is 10.0 Å². The summed E-state index contributed by atoms with van der Waals surface area (Å²) in [4.78, 5) is 12.7. The van der Waals surface area contributed by atoms with Crippen molar-refractivity contribution in [1.82, 2.24) is 14.9 Å². The maximum atomic E-state index is 12.5. The van der Waals surface area contributed by atoms with Crippen LogP contribution in [-0.2, 0) is 10.0 Å². The molecule has 134 valence electrons. The molecule has 9 heteroatoms. The van der Waals surface area contributed by atoms with Crippen LogP contribution in [0.25, 0.3) is 0 Å². The zero-order valence-corrected chi connectivity index (χ0v) is 14.9. The van der Waals surface area contributed by atoms with Gasteiger partial charge in [0.05, 0.1) is 4.92 Å². The highest BCUT2D eigenvalue weighted by molar-refractivity contribution is 7.89. The van der Waals surface area contributed by atoms with Gasteiger partial charge in [0.2, 0.25) is 10.0 Å². The van der Waals surface area contributed by atoms with Crippen LogP contribution >= 0.6 is 0 Å². The minimum Gasteiger partial charge on any atom is -0.314 e. The third-order valence-corrected chi connectivity index (χ3v) is 5.77. The third kappa shape index (κ3) is 4.50. The first-order valence-corrected chi connectivity index (χ1v) is 9.48. The molecule has 0 radical (unpaired) electrons.